The zero-order valence-electron chi connectivity index (χ0n) is 14.5. The van der Waals surface area contributed by atoms with Crippen molar-refractivity contribution >= 4 is 22.4 Å². The molecule has 1 atom stereocenters. The van der Waals surface area contributed by atoms with Crippen molar-refractivity contribution < 1.29 is 18.2 Å². The monoisotopic (exact) mass is 403 g/mol. The predicted octanol–water partition coefficient (Wildman–Crippen LogP) is 4.61. The highest BCUT2D eigenvalue weighted by Gasteiger charge is 2.17. The summed E-state index contributed by atoms with van der Waals surface area (Å²) >= 11 is 6.30. The van der Waals surface area contributed by atoms with Crippen molar-refractivity contribution in [2.45, 2.75) is 17.9 Å². The van der Waals surface area contributed by atoms with Crippen LogP contribution in [0.3, 0.4) is 0 Å². The molecule has 0 bridgehead atoms. The number of nitrogens with zero attached hydrogens (tertiary/aromatic N) is 1. The summed E-state index contributed by atoms with van der Waals surface area (Å²) in [5.41, 5.74) is 2.44. The highest BCUT2D eigenvalue weighted by molar-refractivity contribution is 7.83. The lowest BCUT2D eigenvalue weighted by molar-refractivity contribution is 0.297. The maximum absolute atomic E-state index is 12.6. The molecule has 5 nitrogen and oxygen atoms in total. The highest BCUT2D eigenvalue weighted by atomic mass is 35.5. The lowest BCUT2D eigenvalue weighted by Gasteiger charge is -2.11. The van der Waals surface area contributed by atoms with Crippen molar-refractivity contribution in [1.82, 2.24) is 5.16 Å². The Balaban J connectivity index is 1.45. The van der Waals surface area contributed by atoms with E-state index in [0.29, 0.717) is 52.7 Å². The van der Waals surface area contributed by atoms with Gasteiger partial charge in [0.25, 0.3) is 0 Å². The van der Waals surface area contributed by atoms with Gasteiger partial charge in [-0.15, -0.1) is 0 Å². The van der Waals surface area contributed by atoms with Gasteiger partial charge < -0.3 is 14.0 Å². The van der Waals surface area contributed by atoms with Crippen molar-refractivity contribution in [2.24, 2.45) is 0 Å². The third kappa shape index (κ3) is 4.34. The molecule has 1 aliphatic heterocycles. The minimum Gasteiger partial charge on any atom is -0.489 e. The number of rotatable bonds is 5. The Labute approximate surface area is 164 Å². The van der Waals surface area contributed by atoms with Gasteiger partial charge in [-0.05, 0) is 17.7 Å². The first kappa shape index (κ1) is 18.1. The molecule has 0 saturated carbocycles. The Morgan fingerprint density at radius 2 is 1.85 bits per heavy atom. The Morgan fingerprint density at radius 1 is 1.04 bits per heavy atom. The molecule has 3 aromatic rings. The zero-order valence-corrected chi connectivity index (χ0v) is 16.1. The van der Waals surface area contributed by atoms with Gasteiger partial charge in [-0.3, -0.25) is 4.21 Å². The summed E-state index contributed by atoms with van der Waals surface area (Å²) in [4.78, 5) is 0. The predicted molar refractivity (Wildman–Crippen MR) is 105 cm³/mol. The standard InChI is InChI=1S/C20H18ClNO4S/c21-17-9-14(10-19-20(17)25-8-4-7-24-19)12-27(23)13-16-11-18(26-22-16)15-5-2-1-3-6-15/h1-3,5-6,9-11H,4,7-8,12-13H2. The molecule has 1 aliphatic rings. The Morgan fingerprint density at radius 3 is 2.70 bits per heavy atom. The molecular formula is C20H18ClNO4S. The number of halogens is 1. The minimum atomic E-state index is -1.16. The summed E-state index contributed by atoms with van der Waals surface area (Å²) in [5, 5.41) is 4.52. The van der Waals surface area contributed by atoms with Crippen molar-refractivity contribution in [1.29, 1.82) is 0 Å². The van der Waals surface area contributed by atoms with Gasteiger partial charge in [0.1, 0.15) is 0 Å². The summed E-state index contributed by atoms with van der Waals surface area (Å²) < 4.78 is 29.3. The first-order valence-corrected chi connectivity index (χ1v) is 10.5. The van der Waals surface area contributed by atoms with Gasteiger partial charge in [-0.2, -0.15) is 0 Å². The van der Waals surface area contributed by atoms with E-state index < -0.39 is 10.8 Å². The van der Waals surface area contributed by atoms with Gasteiger partial charge in [0.2, 0.25) is 0 Å². The number of ether oxygens (including phenoxy) is 2. The molecule has 27 heavy (non-hydrogen) atoms. The fourth-order valence-corrected chi connectivity index (χ4v) is 4.28. The molecule has 0 spiro atoms. The SMILES string of the molecule is O=S(Cc1cc(Cl)c2c(c1)OCCCO2)Cc1cc(-c2ccccc2)on1. The van der Waals surface area contributed by atoms with Crippen molar-refractivity contribution in [3.63, 3.8) is 0 Å². The van der Waals surface area contributed by atoms with Crippen LogP contribution in [-0.2, 0) is 22.3 Å². The molecule has 0 aliphatic carbocycles. The lowest BCUT2D eigenvalue weighted by atomic mass is 10.2. The van der Waals surface area contributed by atoms with Crippen LogP contribution in [0.5, 0.6) is 11.5 Å². The molecule has 2 aromatic carbocycles. The van der Waals surface area contributed by atoms with Crippen LogP contribution < -0.4 is 9.47 Å². The van der Waals surface area contributed by atoms with Gasteiger partial charge in [0.05, 0.1) is 29.7 Å². The Kier molecular flexibility index (Phi) is 5.45. The molecule has 2 heterocycles. The van der Waals surface area contributed by atoms with E-state index in [1.807, 2.05) is 42.5 Å². The second-order valence-corrected chi connectivity index (χ2v) is 8.10. The summed E-state index contributed by atoms with van der Waals surface area (Å²) in [6.07, 6.45) is 0.808. The molecule has 0 amide bonds. The van der Waals surface area contributed by atoms with Gasteiger partial charge in [-0.25, -0.2) is 0 Å². The van der Waals surface area contributed by atoms with Crippen LogP contribution in [-0.4, -0.2) is 22.6 Å². The summed E-state index contributed by atoms with van der Waals surface area (Å²) in [6, 6.07) is 15.2. The van der Waals surface area contributed by atoms with E-state index in [9.17, 15) is 4.21 Å². The van der Waals surface area contributed by atoms with Crippen LogP contribution in [0, 0.1) is 0 Å². The molecule has 1 aromatic heterocycles. The molecule has 0 saturated heterocycles. The van der Waals surface area contributed by atoms with E-state index >= 15 is 0 Å². The van der Waals surface area contributed by atoms with E-state index in [1.165, 1.54) is 0 Å². The summed E-state index contributed by atoms with van der Waals surface area (Å²) in [6.45, 7) is 1.16. The van der Waals surface area contributed by atoms with Gasteiger partial charge in [0, 0.05) is 34.6 Å². The van der Waals surface area contributed by atoms with Crippen molar-refractivity contribution in [3.8, 4) is 22.8 Å². The molecule has 1 unspecified atom stereocenters. The van der Waals surface area contributed by atoms with Crippen LogP contribution in [0.1, 0.15) is 17.7 Å². The van der Waals surface area contributed by atoms with E-state index in [-0.39, 0.29) is 0 Å². The van der Waals surface area contributed by atoms with Crippen LogP contribution in [0.4, 0.5) is 0 Å². The van der Waals surface area contributed by atoms with Crippen molar-refractivity contribution in [3.05, 3.63) is 64.8 Å². The number of benzene rings is 2. The second kappa shape index (κ2) is 8.15. The first-order valence-electron chi connectivity index (χ1n) is 8.63. The molecule has 4 rings (SSSR count). The second-order valence-electron chi connectivity index (χ2n) is 6.23. The lowest BCUT2D eigenvalue weighted by Crippen LogP contribution is -2.01. The topological polar surface area (TPSA) is 61.6 Å². The maximum Gasteiger partial charge on any atom is 0.179 e. The van der Waals surface area contributed by atoms with Gasteiger partial charge in [-0.1, -0.05) is 47.1 Å². The number of hydrogen-bond donors (Lipinski definition) is 0. The summed E-state index contributed by atoms with van der Waals surface area (Å²) in [5.74, 6) is 2.50. The molecule has 0 fully saturated rings. The minimum absolute atomic E-state index is 0.308. The highest BCUT2D eigenvalue weighted by Crippen LogP contribution is 2.38. The van der Waals surface area contributed by atoms with Gasteiger partial charge in [0.15, 0.2) is 17.3 Å². The van der Waals surface area contributed by atoms with E-state index in [1.54, 1.807) is 6.07 Å². The first-order chi connectivity index (χ1) is 13.2. The smallest absolute Gasteiger partial charge is 0.179 e. The molecule has 0 radical (unpaired) electrons. The van der Waals surface area contributed by atoms with Crippen molar-refractivity contribution in [2.75, 3.05) is 13.2 Å². The zero-order chi connectivity index (χ0) is 18.6. The van der Waals surface area contributed by atoms with Crippen LogP contribution in [0.15, 0.2) is 53.1 Å². The van der Waals surface area contributed by atoms with Crippen LogP contribution in [0.2, 0.25) is 5.02 Å². The summed E-state index contributed by atoms with van der Waals surface area (Å²) in [7, 11) is -1.16. The van der Waals surface area contributed by atoms with E-state index in [2.05, 4.69) is 5.16 Å². The van der Waals surface area contributed by atoms with Gasteiger partial charge >= 0.3 is 0 Å². The van der Waals surface area contributed by atoms with E-state index in [0.717, 1.165) is 17.5 Å². The quantitative estimate of drug-likeness (QED) is 0.622. The number of hydrogen-bond acceptors (Lipinski definition) is 5. The fourth-order valence-electron chi connectivity index (χ4n) is 2.89. The molecule has 0 N–H and O–H groups in total. The van der Waals surface area contributed by atoms with Crippen LogP contribution >= 0.6 is 11.6 Å². The van der Waals surface area contributed by atoms with Crippen LogP contribution in [0.25, 0.3) is 11.3 Å². The molecule has 7 heteroatoms. The largest absolute Gasteiger partial charge is 0.489 e. The number of fused-ring (bicyclic) bond motifs is 1. The third-order valence-electron chi connectivity index (χ3n) is 4.12. The number of aromatic nitrogens is 1. The Hall–Kier alpha value is -2.31. The Bertz CT molecular complexity index is 958. The average Bonchev–Trinajstić information content (AvgIpc) is 2.98. The normalized spacial score (nSPS) is 14.6. The molecular weight excluding hydrogens is 386 g/mol. The fraction of sp³-hybridized carbons (Fsp3) is 0.250. The third-order valence-corrected chi connectivity index (χ3v) is 5.67. The average molecular weight is 404 g/mol. The van der Waals surface area contributed by atoms with E-state index in [4.69, 9.17) is 25.6 Å². The molecule has 140 valence electrons. The maximum atomic E-state index is 12.6.